The number of carbonyl (C=O) groups is 1. The average Bonchev–Trinajstić information content (AvgIpc) is 3.12. The number of aromatic nitrogens is 1. The molecule has 0 radical (unpaired) electrons. The smallest absolute Gasteiger partial charge is 0.274 e. The highest BCUT2D eigenvalue weighted by Crippen LogP contribution is 2.47. The van der Waals surface area contributed by atoms with Crippen LogP contribution in [0.2, 0.25) is 0 Å². The lowest BCUT2D eigenvalue weighted by Crippen LogP contribution is -2.33. The Labute approximate surface area is 144 Å². The second-order valence-electron chi connectivity index (χ2n) is 5.43. The quantitative estimate of drug-likeness (QED) is 0.646. The summed E-state index contributed by atoms with van der Waals surface area (Å²) in [5, 5.41) is 4.38. The van der Waals surface area contributed by atoms with Crippen molar-refractivity contribution in [1.29, 1.82) is 0 Å². The highest BCUT2D eigenvalue weighted by molar-refractivity contribution is 7.99. The zero-order chi connectivity index (χ0) is 16.5. The molecule has 0 bridgehead atoms. The number of benzene rings is 2. The largest absolute Gasteiger partial charge is 0.278 e. The number of fused-ring (bicyclic) bond motifs is 2. The summed E-state index contributed by atoms with van der Waals surface area (Å²) in [7, 11) is 0. The maximum atomic E-state index is 13.1. The summed E-state index contributed by atoms with van der Waals surface area (Å²) in [4.78, 5) is 17.0. The van der Waals surface area contributed by atoms with Crippen LogP contribution < -0.4 is 4.90 Å². The van der Waals surface area contributed by atoms with E-state index in [1.54, 1.807) is 28.3 Å². The van der Waals surface area contributed by atoms with Gasteiger partial charge in [-0.25, -0.2) is 4.68 Å². The predicted octanol–water partition coefficient (Wildman–Crippen LogP) is 4.54. The Morgan fingerprint density at radius 1 is 0.875 bits per heavy atom. The number of hydrogen-bond donors (Lipinski definition) is 0. The summed E-state index contributed by atoms with van der Waals surface area (Å²) >= 11 is 1.68. The molecule has 0 saturated heterocycles. The van der Waals surface area contributed by atoms with Crippen molar-refractivity contribution in [2.75, 3.05) is 4.90 Å². The van der Waals surface area contributed by atoms with Crippen molar-refractivity contribution >= 4 is 34.8 Å². The van der Waals surface area contributed by atoms with Gasteiger partial charge in [-0.1, -0.05) is 36.0 Å². The van der Waals surface area contributed by atoms with Gasteiger partial charge in [0.05, 0.1) is 11.4 Å². The first-order chi connectivity index (χ1) is 11.7. The van der Waals surface area contributed by atoms with E-state index in [0.29, 0.717) is 5.71 Å². The van der Waals surface area contributed by atoms with E-state index in [0.717, 1.165) is 21.2 Å². The second kappa shape index (κ2) is 6.02. The molecule has 24 heavy (non-hydrogen) atoms. The first-order valence-electron chi connectivity index (χ1n) is 7.63. The first-order valence-corrected chi connectivity index (χ1v) is 8.44. The summed E-state index contributed by atoms with van der Waals surface area (Å²) in [6.45, 7) is 1.75. The van der Waals surface area contributed by atoms with Crippen molar-refractivity contribution < 1.29 is 4.79 Å². The third-order valence-electron chi connectivity index (χ3n) is 3.80. The number of hydrogen-bond acceptors (Lipinski definition) is 3. The minimum absolute atomic E-state index is 0.121. The summed E-state index contributed by atoms with van der Waals surface area (Å²) in [6, 6.07) is 19.7. The Hall–Kier alpha value is -2.79. The van der Waals surface area contributed by atoms with E-state index in [1.807, 2.05) is 73.1 Å². The van der Waals surface area contributed by atoms with E-state index in [9.17, 15) is 4.79 Å². The van der Waals surface area contributed by atoms with Crippen LogP contribution in [0.5, 0.6) is 0 Å². The van der Waals surface area contributed by atoms with Crippen LogP contribution in [0.25, 0.3) is 0 Å². The van der Waals surface area contributed by atoms with Gasteiger partial charge in [0, 0.05) is 22.2 Å². The highest BCUT2D eigenvalue weighted by atomic mass is 32.2. The van der Waals surface area contributed by atoms with E-state index in [1.165, 1.54) is 0 Å². The maximum absolute atomic E-state index is 13.1. The molecule has 4 rings (SSSR count). The molecule has 5 heteroatoms. The van der Waals surface area contributed by atoms with Crippen LogP contribution in [0, 0.1) is 0 Å². The minimum Gasteiger partial charge on any atom is -0.274 e. The van der Waals surface area contributed by atoms with E-state index in [4.69, 9.17) is 0 Å². The maximum Gasteiger partial charge on any atom is 0.278 e. The zero-order valence-corrected chi connectivity index (χ0v) is 13.9. The van der Waals surface area contributed by atoms with Crippen molar-refractivity contribution in [2.24, 2.45) is 5.10 Å². The van der Waals surface area contributed by atoms with Gasteiger partial charge in [0.1, 0.15) is 5.71 Å². The minimum atomic E-state index is -0.121. The molecular weight excluding hydrogens is 318 g/mol. The third kappa shape index (κ3) is 2.53. The fourth-order valence-corrected chi connectivity index (χ4v) is 3.75. The zero-order valence-electron chi connectivity index (χ0n) is 13.1. The Balaban J connectivity index is 1.81. The topological polar surface area (TPSA) is 37.6 Å². The van der Waals surface area contributed by atoms with Gasteiger partial charge in [-0.05, 0) is 43.3 Å². The Bertz CT molecular complexity index is 886. The number of amides is 1. The SMILES string of the molecule is C/C(=N\n1cccc1)C(=O)N1c2ccccc2Sc2ccccc21. The van der Waals surface area contributed by atoms with E-state index in [2.05, 4.69) is 5.10 Å². The summed E-state index contributed by atoms with van der Waals surface area (Å²) in [6.07, 6.45) is 3.62. The van der Waals surface area contributed by atoms with Crippen molar-refractivity contribution in [3.8, 4) is 0 Å². The van der Waals surface area contributed by atoms with Crippen molar-refractivity contribution in [1.82, 2.24) is 4.68 Å². The molecule has 0 fully saturated rings. The first kappa shape index (κ1) is 14.8. The van der Waals surface area contributed by atoms with Crippen molar-refractivity contribution in [3.63, 3.8) is 0 Å². The fourth-order valence-electron chi connectivity index (χ4n) is 2.69. The van der Waals surface area contributed by atoms with E-state index in [-0.39, 0.29) is 5.91 Å². The molecule has 0 atom stereocenters. The van der Waals surface area contributed by atoms with Crippen LogP contribution in [0.3, 0.4) is 0 Å². The molecule has 2 aromatic carbocycles. The lowest BCUT2D eigenvalue weighted by atomic mass is 10.2. The summed E-state index contributed by atoms with van der Waals surface area (Å²) < 4.78 is 1.64. The van der Waals surface area contributed by atoms with Crippen molar-refractivity contribution in [2.45, 2.75) is 16.7 Å². The molecule has 1 aromatic heterocycles. The van der Waals surface area contributed by atoms with Crippen LogP contribution in [0.15, 0.2) is 87.9 Å². The third-order valence-corrected chi connectivity index (χ3v) is 4.93. The van der Waals surface area contributed by atoms with Gasteiger partial charge in [0.25, 0.3) is 5.91 Å². The lowest BCUT2D eigenvalue weighted by Gasteiger charge is -2.30. The molecule has 2 heterocycles. The molecule has 4 nitrogen and oxygen atoms in total. The molecule has 0 N–H and O–H groups in total. The molecule has 0 aliphatic carbocycles. The van der Waals surface area contributed by atoms with Gasteiger partial charge >= 0.3 is 0 Å². The van der Waals surface area contributed by atoms with Crippen LogP contribution in [-0.2, 0) is 4.79 Å². The van der Waals surface area contributed by atoms with Crippen LogP contribution in [0.1, 0.15) is 6.92 Å². The summed E-state index contributed by atoms with van der Waals surface area (Å²) in [5.74, 6) is -0.121. The summed E-state index contributed by atoms with van der Waals surface area (Å²) in [5.41, 5.74) is 2.23. The van der Waals surface area contributed by atoms with Gasteiger partial charge in [0.15, 0.2) is 0 Å². The average molecular weight is 333 g/mol. The van der Waals surface area contributed by atoms with Gasteiger partial charge in [-0.3, -0.25) is 9.69 Å². The fraction of sp³-hybridized carbons (Fsp3) is 0.0526. The van der Waals surface area contributed by atoms with Gasteiger partial charge < -0.3 is 0 Å². The lowest BCUT2D eigenvalue weighted by molar-refractivity contribution is -0.112. The van der Waals surface area contributed by atoms with Gasteiger partial charge in [-0.2, -0.15) is 5.10 Å². The second-order valence-corrected chi connectivity index (χ2v) is 6.51. The Morgan fingerprint density at radius 2 is 1.42 bits per heavy atom. The number of rotatable bonds is 2. The molecule has 0 saturated carbocycles. The molecule has 118 valence electrons. The highest BCUT2D eigenvalue weighted by Gasteiger charge is 2.29. The Kier molecular flexibility index (Phi) is 3.70. The van der Waals surface area contributed by atoms with E-state index >= 15 is 0 Å². The molecule has 1 amide bonds. The molecular formula is C19H15N3OS. The number of nitrogens with zero attached hydrogens (tertiary/aromatic N) is 3. The standard InChI is InChI=1S/C19H15N3OS/c1-14(20-21-12-6-7-13-21)19(23)22-15-8-2-4-10-17(15)24-18-11-5-3-9-16(18)22/h2-13H,1H3/b20-14+. The van der Waals surface area contributed by atoms with Crippen LogP contribution >= 0.6 is 11.8 Å². The molecule has 3 aromatic rings. The van der Waals surface area contributed by atoms with E-state index < -0.39 is 0 Å². The molecule has 0 spiro atoms. The monoisotopic (exact) mass is 333 g/mol. The van der Waals surface area contributed by atoms with Crippen LogP contribution in [0.4, 0.5) is 11.4 Å². The predicted molar refractivity (Wildman–Crippen MR) is 97.1 cm³/mol. The Morgan fingerprint density at radius 3 is 2.00 bits per heavy atom. The number of carbonyl (C=O) groups excluding carboxylic acids is 1. The normalized spacial score (nSPS) is 13.4. The molecule has 0 unspecified atom stereocenters. The number of anilines is 2. The van der Waals surface area contributed by atoms with Crippen LogP contribution in [-0.4, -0.2) is 16.3 Å². The molecule has 1 aliphatic heterocycles. The van der Waals surface area contributed by atoms with Gasteiger partial charge in [0.2, 0.25) is 0 Å². The van der Waals surface area contributed by atoms with Crippen molar-refractivity contribution in [3.05, 3.63) is 73.1 Å². The number of para-hydroxylation sites is 2. The van der Waals surface area contributed by atoms with Gasteiger partial charge in [-0.15, -0.1) is 0 Å². The molecule has 1 aliphatic rings.